The van der Waals surface area contributed by atoms with Gasteiger partial charge in [0, 0.05) is 18.7 Å². The summed E-state index contributed by atoms with van der Waals surface area (Å²) in [5.41, 5.74) is 2.34. The molecule has 112 valence electrons. The van der Waals surface area contributed by atoms with E-state index in [0.717, 1.165) is 36.3 Å². The number of nitrogens with one attached hydrogen (secondary N) is 1. The number of fused-ring (bicyclic) bond motifs is 1. The SMILES string of the molecule is CC(C)C1(C)CC(=O)N(c2cccc3c2CCCN3)C1=O. The van der Waals surface area contributed by atoms with Crippen LogP contribution in [0, 0.1) is 11.3 Å². The van der Waals surface area contributed by atoms with Gasteiger partial charge in [-0.1, -0.05) is 19.9 Å². The number of hydrogen-bond donors (Lipinski definition) is 1. The lowest BCUT2D eigenvalue weighted by Gasteiger charge is -2.28. The van der Waals surface area contributed by atoms with E-state index in [1.54, 1.807) is 0 Å². The van der Waals surface area contributed by atoms with Crippen LogP contribution in [0.15, 0.2) is 18.2 Å². The van der Waals surface area contributed by atoms with Crippen molar-refractivity contribution in [2.24, 2.45) is 11.3 Å². The zero-order valence-corrected chi connectivity index (χ0v) is 12.9. The van der Waals surface area contributed by atoms with Crippen LogP contribution in [0.3, 0.4) is 0 Å². The van der Waals surface area contributed by atoms with Crippen LogP contribution in [-0.4, -0.2) is 18.4 Å². The molecule has 4 heteroatoms. The minimum atomic E-state index is -0.581. The molecule has 0 aliphatic carbocycles. The van der Waals surface area contributed by atoms with Crippen LogP contribution in [0.1, 0.15) is 39.2 Å². The third-order valence-corrected chi connectivity index (χ3v) is 5.04. The van der Waals surface area contributed by atoms with Crippen molar-refractivity contribution in [3.8, 4) is 0 Å². The number of nitrogens with zero attached hydrogens (tertiary/aromatic N) is 1. The zero-order chi connectivity index (χ0) is 15.2. The Morgan fingerprint density at radius 2 is 2.05 bits per heavy atom. The summed E-state index contributed by atoms with van der Waals surface area (Å²) in [6.45, 7) is 6.88. The summed E-state index contributed by atoms with van der Waals surface area (Å²) < 4.78 is 0. The van der Waals surface area contributed by atoms with Crippen molar-refractivity contribution >= 4 is 23.2 Å². The second-order valence-electron chi connectivity index (χ2n) is 6.62. The highest BCUT2D eigenvalue weighted by molar-refractivity contribution is 6.23. The standard InChI is InChI=1S/C17H22N2O2/c1-11(2)17(3)10-15(20)19(16(17)21)14-8-4-7-13-12(14)6-5-9-18-13/h4,7-8,11,18H,5-6,9-10H2,1-3H3. The lowest BCUT2D eigenvalue weighted by molar-refractivity contribution is -0.126. The van der Waals surface area contributed by atoms with Gasteiger partial charge in [-0.3, -0.25) is 9.59 Å². The summed E-state index contributed by atoms with van der Waals surface area (Å²) in [5.74, 6) is 0.0215. The van der Waals surface area contributed by atoms with Gasteiger partial charge < -0.3 is 5.32 Å². The molecular weight excluding hydrogens is 264 g/mol. The maximum atomic E-state index is 12.9. The lowest BCUT2D eigenvalue weighted by atomic mass is 9.78. The first-order valence-corrected chi connectivity index (χ1v) is 7.68. The molecule has 0 bridgehead atoms. The number of imide groups is 1. The van der Waals surface area contributed by atoms with E-state index in [9.17, 15) is 9.59 Å². The van der Waals surface area contributed by atoms with Crippen LogP contribution in [0.5, 0.6) is 0 Å². The van der Waals surface area contributed by atoms with Crippen molar-refractivity contribution in [3.63, 3.8) is 0 Å². The molecule has 2 heterocycles. The fraction of sp³-hybridized carbons (Fsp3) is 0.529. The first-order valence-electron chi connectivity index (χ1n) is 7.68. The molecule has 0 spiro atoms. The van der Waals surface area contributed by atoms with E-state index >= 15 is 0 Å². The van der Waals surface area contributed by atoms with Gasteiger partial charge in [-0.25, -0.2) is 4.90 Å². The topological polar surface area (TPSA) is 49.4 Å². The van der Waals surface area contributed by atoms with Crippen LogP contribution in [0.2, 0.25) is 0 Å². The van der Waals surface area contributed by atoms with Gasteiger partial charge in [0.1, 0.15) is 0 Å². The third-order valence-electron chi connectivity index (χ3n) is 5.04. The van der Waals surface area contributed by atoms with Gasteiger partial charge in [0.2, 0.25) is 11.8 Å². The first kappa shape index (κ1) is 14.1. The normalized spacial score (nSPS) is 25.2. The van der Waals surface area contributed by atoms with E-state index in [1.807, 2.05) is 39.0 Å². The minimum absolute atomic E-state index is 0.0542. The zero-order valence-electron chi connectivity index (χ0n) is 12.9. The predicted octanol–water partition coefficient (Wildman–Crippen LogP) is 2.97. The summed E-state index contributed by atoms with van der Waals surface area (Å²) in [7, 11) is 0. The van der Waals surface area contributed by atoms with Crippen molar-refractivity contribution in [1.29, 1.82) is 0 Å². The van der Waals surface area contributed by atoms with Crippen LogP contribution < -0.4 is 10.2 Å². The van der Waals surface area contributed by atoms with Crippen LogP contribution in [0.4, 0.5) is 11.4 Å². The molecule has 1 unspecified atom stereocenters. The Kier molecular flexibility index (Phi) is 3.27. The molecule has 4 nitrogen and oxygen atoms in total. The fourth-order valence-electron chi connectivity index (χ4n) is 3.23. The molecule has 3 rings (SSSR count). The van der Waals surface area contributed by atoms with E-state index in [0.29, 0.717) is 6.42 Å². The number of anilines is 2. The third kappa shape index (κ3) is 2.04. The molecule has 1 aromatic carbocycles. The Balaban J connectivity index is 2.06. The molecule has 1 fully saturated rings. The average Bonchev–Trinajstić information content (AvgIpc) is 2.70. The van der Waals surface area contributed by atoms with Crippen molar-refractivity contribution < 1.29 is 9.59 Å². The number of rotatable bonds is 2. The Bertz CT molecular complexity index is 609. The molecule has 2 aliphatic heterocycles. The van der Waals surface area contributed by atoms with Gasteiger partial charge in [0.15, 0.2) is 0 Å². The molecule has 1 aromatic rings. The Morgan fingerprint density at radius 3 is 2.71 bits per heavy atom. The molecule has 0 saturated carbocycles. The monoisotopic (exact) mass is 286 g/mol. The molecule has 2 aliphatic rings. The summed E-state index contributed by atoms with van der Waals surface area (Å²) in [5, 5.41) is 3.35. The fourth-order valence-corrected chi connectivity index (χ4v) is 3.23. The molecule has 1 N–H and O–H groups in total. The van der Waals surface area contributed by atoms with Crippen molar-refractivity contribution in [2.45, 2.75) is 40.0 Å². The van der Waals surface area contributed by atoms with E-state index in [1.165, 1.54) is 4.90 Å². The molecule has 21 heavy (non-hydrogen) atoms. The van der Waals surface area contributed by atoms with Crippen molar-refractivity contribution in [3.05, 3.63) is 23.8 Å². The molecule has 0 radical (unpaired) electrons. The average molecular weight is 286 g/mol. The number of carbonyl (C=O) groups is 2. The quantitative estimate of drug-likeness (QED) is 0.850. The van der Waals surface area contributed by atoms with Crippen molar-refractivity contribution in [2.75, 3.05) is 16.8 Å². The number of hydrogen-bond acceptors (Lipinski definition) is 3. The second-order valence-corrected chi connectivity index (χ2v) is 6.62. The second kappa shape index (κ2) is 4.86. The Labute approximate surface area is 125 Å². The highest BCUT2D eigenvalue weighted by Crippen LogP contribution is 2.43. The summed E-state index contributed by atoms with van der Waals surface area (Å²) >= 11 is 0. The highest BCUT2D eigenvalue weighted by Gasteiger charge is 2.51. The van der Waals surface area contributed by atoms with Crippen LogP contribution in [-0.2, 0) is 16.0 Å². The summed E-state index contributed by atoms with van der Waals surface area (Å²) in [6.07, 6.45) is 2.25. The summed E-state index contributed by atoms with van der Waals surface area (Å²) in [6, 6.07) is 5.83. The van der Waals surface area contributed by atoms with E-state index in [-0.39, 0.29) is 17.7 Å². The van der Waals surface area contributed by atoms with E-state index in [2.05, 4.69) is 5.32 Å². The van der Waals surface area contributed by atoms with Crippen LogP contribution in [0.25, 0.3) is 0 Å². The number of amides is 2. The maximum absolute atomic E-state index is 12.9. The summed E-state index contributed by atoms with van der Waals surface area (Å²) in [4.78, 5) is 26.7. The Hall–Kier alpha value is -1.84. The molecule has 0 aromatic heterocycles. The van der Waals surface area contributed by atoms with Gasteiger partial charge in [0.05, 0.1) is 11.1 Å². The smallest absolute Gasteiger partial charge is 0.240 e. The lowest BCUT2D eigenvalue weighted by Crippen LogP contribution is -2.37. The molecule has 2 amide bonds. The molecular formula is C17H22N2O2. The largest absolute Gasteiger partial charge is 0.385 e. The van der Waals surface area contributed by atoms with E-state index in [4.69, 9.17) is 0 Å². The van der Waals surface area contributed by atoms with Gasteiger partial charge in [-0.2, -0.15) is 0 Å². The van der Waals surface area contributed by atoms with Crippen molar-refractivity contribution in [1.82, 2.24) is 0 Å². The van der Waals surface area contributed by atoms with Gasteiger partial charge >= 0.3 is 0 Å². The number of carbonyl (C=O) groups excluding carboxylic acids is 2. The molecule has 1 atom stereocenters. The highest BCUT2D eigenvalue weighted by atomic mass is 16.2. The predicted molar refractivity (Wildman–Crippen MR) is 83.3 cm³/mol. The van der Waals surface area contributed by atoms with E-state index < -0.39 is 5.41 Å². The first-order chi connectivity index (χ1) is 9.95. The van der Waals surface area contributed by atoms with Crippen LogP contribution >= 0.6 is 0 Å². The molecule has 1 saturated heterocycles. The Morgan fingerprint density at radius 1 is 1.29 bits per heavy atom. The van der Waals surface area contributed by atoms with Gasteiger partial charge in [-0.15, -0.1) is 0 Å². The number of benzene rings is 1. The van der Waals surface area contributed by atoms with Gasteiger partial charge in [0.25, 0.3) is 0 Å². The minimum Gasteiger partial charge on any atom is -0.385 e. The maximum Gasteiger partial charge on any atom is 0.240 e. The van der Waals surface area contributed by atoms with Gasteiger partial charge in [-0.05, 0) is 43.4 Å².